The molecule has 0 saturated heterocycles. The predicted molar refractivity (Wildman–Crippen MR) is 130 cm³/mol. The molecule has 1 unspecified atom stereocenters. The average Bonchev–Trinajstić information content (AvgIpc) is 3.35. The summed E-state index contributed by atoms with van der Waals surface area (Å²) in [6, 6.07) is 11.5. The Morgan fingerprint density at radius 2 is 1.65 bits per heavy atom. The van der Waals surface area contributed by atoms with E-state index in [9.17, 15) is 0 Å². The number of hydrogen-bond donors (Lipinski definition) is 1. The van der Waals surface area contributed by atoms with Crippen molar-refractivity contribution in [3.8, 4) is 23.0 Å². The number of rotatable bonds is 6. The Kier molecular flexibility index (Phi) is 5.88. The lowest BCUT2D eigenvalue weighted by Gasteiger charge is -2.35. The van der Waals surface area contributed by atoms with Gasteiger partial charge in [-0.15, -0.1) is 0 Å². The first-order chi connectivity index (χ1) is 16.7. The van der Waals surface area contributed by atoms with E-state index in [-0.39, 0.29) is 6.04 Å². The average molecular weight is 461 g/mol. The first-order valence-electron chi connectivity index (χ1n) is 11.2. The van der Waals surface area contributed by atoms with Crippen LogP contribution in [-0.4, -0.2) is 43.2 Å². The summed E-state index contributed by atoms with van der Waals surface area (Å²) in [4.78, 5) is 4.49. The monoisotopic (exact) mass is 460 g/mol. The summed E-state index contributed by atoms with van der Waals surface area (Å²) in [5.74, 6) is 3.83. The molecule has 0 spiro atoms. The molecule has 34 heavy (non-hydrogen) atoms. The normalized spacial score (nSPS) is 18.1. The summed E-state index contributed by atoms with van der Waals surface area (Å²) in [6.07, 6.45) is 6.64. The van der Waals surface area contributed by atoms with E-state index in [4.69, 9.17) is 18.9 Å². The molecule has 0 amide bonds. The molecule has 0 radical (unpaired) electrons. The van der Waals surface area contributed by atoms with Gasteiger partial charge >= 0.3 is 0 Å². The van der Waals surface area contributed by atoms with Crippen molar-refractivity contribution in [2.24, 2.45) is 0 Å². The van der Waals surface area contributed by atoms with Crippen LogP contribution in [0.3, 0.4) is 0 Å². The van der Waals surface area contributed by atoms with Gasteiger partial charge in [0.15, 0.2) is 0 Å². The van der Waals surface area contributed by atoms with E-state index in [0.717, 1.165) is 59.1 Å². The van der Waals surface area contributed by atoms with Crippen LogP contribution in [0.15, 0.2) is 59.6 Å². The number of nitrogens with zero attached hydrogens (tertiary/aromatic N) is 3. The highest BCUT2D eigenvalue weighted by molar-refractivity contribution is 5.69. The van der Waals surface area contributed by atoms with Crippen LogP contribution in [0, 0.1) is 0 Å². The van der Waals surface area contributed by atoms with E-state index in [1.807, 2.05) is 41.1 Å². The molecule has 5 rings (SSSR count). The van der Waals surface area contributed by atoms with E-state index in [2.05, 4.69) is 21.5 Å². The Morgan fingerprint density at radius 3 is 2.38 bits per heavy atom. The van der Waals surface area contributed by atoms with Gasteiger partial charge in [0.05, 0.1) is 28.4 Å². The van der Waals surface area contributed by atoms with Gasteiger partial charge in [0.1, 0.15) is 35.4 Å². The molecule has 0 fully saturated rings. The van der Waals surface area contributed by atoms with Crippen LogP contribution in [0.5, 0.6) is 23.0 Å². The minimum Gasteiger partial charge on any atom is -0.497 e. The lowest BCUT2D eigenvalue weighted by Crippen LogP contribution is -2.28. The number of allylic oxidation sites excluding steroid dienone is 2. The van der Waals surface area contributed by atoms with Crippen LogP contribution < -0.4 is 24.3 Å². The molecule has 1 atom stereocenters. The molecule has 0 bridgehead atoms. The molecule has 1 aliphatic carbocycles. The van der Waals surface area contributed by atoms with Crippen molar-refractivity contribution in [1.82, 2.24) is 14.8 Å². The second-order valence-electron chi connectivity index (χ2n) is 8.19. The first-order valence-corrected chi connectivity index (χ1v) is 11.2. The number of benzene rings is 2. The largest absolute Gasteiger partial charge is 0.497 e. The zero-order valence-electron chi connectivity index (χ0n) is 19.8. The van der Waals surface area contributed by atoms with E-state index in [1.165, 1.54) is 11.1 Å². The second-order valence-corrected chi connectivity index (χ2v) is 8.19. The molecule has 2 aliphatic rings. The highest BCUT2D eigenvalue weighted by atomic mass is 16.5. The molecule has 1 N–H and O–H groups in total. The summed E-state index contributed by atoms with van der Waals surface area (Å²) in [5, 5.41) is 8.09. The Balaban J connectivity index is 1.68. The Hall–Kier alpha value is -3.94. The molecule has 1 aliphatic heterocycles. The van der Waals surface area contributed by atoms with Gasteiger partial charge in [-0.1, -0.05) is 0 Å². The third-order valence-corrected chi connectivity index (χ3v) is 6.42. The highest BCUT2D eigenvalue weighted by Gasteiger charge is 2.35. The first kappa shape index (κ1) is 21.9. The summed E-state index contributed by atoms with van der Waals surface area (Å²) in [7, 11) is 6.71. The zero-order valence-corrected chi connectivity index (χ0v) is 19.8. The smallest absolute Gasteiger partial charge is 0.226 e. The molecule has 2 aromatic carbocycles. The molecule has 8 nitrogen and oxygen atoms in total. The molecule has 8 heteroatoms. The Labute approximate surface area is 198 Å². The maximum Gasteiger partial charge on any atom is 0.226 e. The maximum absolute atomic E-state index is 5.74. The van der Waals surface area contributed by atoms with Crippen LogP contribution in [0.25, 0.3) is 6.08 Å². The number of nitrogens with one attached hydrogen (secondary N) is 1. The van der Waals surface area contributed by atoms with Gasteiger partial charge in [0.2, 0.25) is 5.95 Å². The number of ether oxygens (including phenoxy) is 4. The number of anilines is 1. The van der Waals surface area contributed by atoms with E-state index in [0.29, 0.717) is 5.95 Å². The van der Waals surface area contributed by atoms with Crippen LogP contribution in [0.1, 0.15) is 36.4 Å². The summed E-state index contributed by atoms with van der Waals surface area (Å²) >= 11 is 0. The molecule has 2 heterocycles. The van der Waals surface area contributed by atoms with Crippen molar-refractivity contribution in [3.63, 3.8) is 0 Å². The molecule has 3 aromatic rings. The fourth-order valence-corrected chi connectivity index (χ4v) is 4.80. The van der Waals surface area contributed by atoms with E-state index in [1.54, 1.807) is 34.8 Å². The standard InChI is InChI=1S/C26H28N4O4/c1-31-18-8-10-22(33-3)17(13-18)12-16-6-5-7-20-24(16)29-26-27-15-28-30(26)25(20)21-14-19(32-2)9-11-23(21)34-4/h8-15,25H,5-7H2,1-4H3,(H,27,28,29)/b16-12+. The number of fused-ring (bicyclic) bond motifs is 1. The summed E-state index contributed by atoms with van der Waals surface area (Å²) in [6.45, 7) is 0. The van der Waals surface area contributed by atoms with Gasteiger partial charge in [-0.05, 0) is 72.9 Å². The van der Waals surface area contributed by atoms with Gasteiger partial charge in [0.25, 0.3) is 0 Å². The van der Waals surface area contributed by atoms with Crippen molar-refractivity contribution < 1.29 is 18.9 Å². The van der Waals surface area contributed by atoms with Crippen LogP contribution in [-0.2, 0) is 0 Å². The molecule has 1 aromatic heterocycles. The minimum absolute atomic E-state index is 0.158. The molecular formula is C26H28N4O4. The van der Waals surface area contributed by atoms with Crippen molar-refractivity contribution in [2.75, 3.05) is 33.8 Å². The molecule has 0 saturated carbocycles. The van der Waals surface area contributed by atoms with Gasteiger partial charge in [0, 0.05) is 16.8 Å². The minimum atomic E-state index is -0.158. The quantitative estimate of drug-likeness (QED) is 0.563. The second kappa shape index (κ2) is 9.13. The van der Waals surface area contributed by atoms with Crippen molar-refractivity contribution >= 4 is 12.0 Å². The van der Waals surface area contributed by atoms with Crippen molar-refractivity contribution in [3.05, 3.63) is 70.7 Å². The van der Waals surface area contributed by atoms with Crippen LogP contribution in [0.2, 0.25) is 0 Å². The van der Waals surface area contributed by atoms with Crippen molar-refractivity contribution in [1.29, 1.82) is 0 Å². The maximum atomic E-state index is 5.74. The van der Waals surface area contributed by atoms with Gasteiger partial charge in [-0.3, -0.25) is 0 Å². The van der Waals surface area contributed by atoms with E-state index < -0.39 is 0 Å². The van der Waals surface area contributed by atoms with Gasteiger partial charge in [-0.2, -0.15) is 10.1 Å². The van der Waals surface area contributed by atoms with Gasteiger partial charge < -0.3 is 24.3 Å². The third-order valence-electron chi connectivity index (χ3n) is 6.42. The lowest BCUT2D eigenvalue weighted by molar-refractivity contribution is 0.391. The predicted octanol–water partition coefficient (Wildman–Crippen LogP) is 4.85. The Morgan fingerprint density at radius 1 is 0.912 bits per heavy atom. The van der Waals surface area contributed by atoms with E-state index >= 15 is 0 Å². The van der Waals surface area contributed by atoms with Gasteiger partial charge in [-0.25, -0.2) is 4.68 Å². The highest BCUT2D eigenvalue weighted by Crippen LogP contribution is 2.46. The summed E-state index contributed by atoms with van der Waals surface area (Å²) in [5.41, 5.74) is 5.46. The molecular weight excluding hydrogens is 432 g/mol. The molecule has 176 valence electrons. The fourth-order valence-electron chi connectivity index (χ4n) is 4.80. The fraction of sp³-hybridized carbons (Fsp3) is 0.308. The number of hydrogen-bond acceptors (Lipinski definition) is 7. The Bertz CT molecular complexity index is 1280. The number of aromatic nitrogens is 3. The van der Waals surface area contributed by atoms with Crippen LogP contribution >= 0.6 is 0 Å². The van der Waals surface area contributed by atoms with Crippen LogP contribution in [0.4, 0.5) is 5.95 Å². The summed E-state index contributed by atoms with van der Waals surface area (Å²) < 4.78 is 24.3. The van der Waals surface area contributed by atoms with Crippen molar-refractivity contribution in [2.45, 2.75) is 25.3 Å². The topological polar surface area (TPSA) is 79.7 Å². The lowest BCUT2D eigenvalue weighted by atomic mass is 9.83. The third kappa shape index (κ3) is 3.75. The SMILES string of the molecule is COc1ccc(OC)c(/C=C2\CCCC3=C2Nc2ncnn2C3c2cc(OC)ccc2OC)c1. The number of methoxy groups -OCH3 is 4. The zero-order chi connectivity index (χ0) is 23.7.